The molecular formula is C21H23NO5. The van der Waals surface area contributed by atoms with Crippen LogP contribution >= 0.6 is 0 Å². The second-order valence-electron chi connectivity index (χ2n) is 6.41. The number of esters is 1. The Balaban J connectivity index is 1.49. The monoisotopic (exact) mass is 369 g/mol. The smallest absolute Gasteiger partial charge is 0.311 e. The summed E-state index contributed by atoms with van der Waals surface area (Å²) in [6, 6.07) is 14.9. The lowest BCUT2D eigenvalue weighted by Crippen LogP contribution is -2.27. The van der Waals surface area contributed by atoms with Crippen molar-refractivity contribution in [2.24, 2.45) is 5.92 Å². The van der Waals surface area contributed by atoms with Gasteiger partial charge in [-0.05, 0) is 31.2 Å². The van der Waals surface area contributed by atoms with Gasteiger partial charge in [0.05, 0.1) is 18.7 Å². The molecule has 1 aliphatic heterocycles. The highest BCUT2D eigenvalue weighted by Gasteiger charge is 2.37. The van der Waals surface area contributed by atoms with Gasteiger partial charge in [0, 0.05) is 13.0 Å². The van der Waals surface area contributed by atoms with Crippen LogP contribution in [0.3, 0.4) is 0 Å². The Morgan fingerprint density at radius 2 is 1.85 bits per heavy atom. The topological polar surface area (TPSA) is 65.1 Å². The fraction of sp³-hybridized carbons (Fsp3) is 0.333. The average molecular weight is 369 g/mol. The number of rotatable bonds is 7. The number of benzene rings is 2. The maximum atomic E-state index is 12.3. The zero-order valence-electron chi connectivity index (χ0n) is 15.5. The van der Waals surface area contributed by atoms with Crippen molar-refractivity contribution in [3.05, 3.63) is 54.1 Å². The molecule has 1 saturated heterocycles. The van der Waals surface area contributed by atoms with E-state index in [4.69, 9.17) is 14.2 Å². The van der Waals surface area contributed by atoms with Gasteiger partial charge in [-0.15, -0.1) is 0 Å². The number of anilines is 1. The molecule has 1 aliphatic rings. The van der Waals surface area contributed by atoms with E-state index in [0.29, 0.717) is 11.4 Å². The second-order valence-corrected chi connectivity index (χ2v) is 6.41. The number of carbonyl (C=O) groups is 2. The molecule has 1 atom stereocenters. The zero-order valence-corrected chi connectivity index (χ0v) is 15.5. The summed E-state index contributed by atoms with van der Waals surface area (Å²) in [7, 11) is 1.55. The van der Waals surface area contributed by atoms with E-state index in [1.165, 1.54) is 0 Å². The van der Waals surface area contributed by atoms with Crippen LogP contribution in [0.4, 0.5) is 5.69 Å². The van der Waals surface area contributed by atoms with Gasteiger partial charge < -0.3 is 19.1 Å². The molecule has 2 aromatic carbocycles. The standard InChI is InChI=1S/C21H23NO5/c1-15-7-9-17(10-8-15)26-11-12-27-21(24)16-13-20(23)22(14-16)18-5-3-4-6-19(18)25-2/h3-10,16H,11-14H2,1-2H3/t16-/m1/s1. The first kappa shape index (κ1) is 18.8. The number of hydrogen-bond acceptors (Lipinski definition) is 5. The molecular weight excluding hydrogens is 346 g/mol. The van der Waals surface area contributed by atoms with Crippen molar-refractivity contribution in [2.45, 2.75) is 13.3 Å². The lowest BCUT2D eigenvalue weighted by Gasteiger charge is -2.19. The maximum Gasteiger partial charge on any atom is 0.311 e. The van der Waals surface area contributed by atoms with Crippen molar-refractivity contribution < 1.29 is 23.8 Å². The minimum absolute atomic E-state index is 0.114. The lowest BCUT2D eigenvalue weighted by atomic mass is 10.1. The van der Waals surface area contributed by atoms with Gasteiger partial charge in [0.1, 0.15) is 24.7 Å². The van der Waals surface area contributed by atoms with Crippen LogP contribution in [0.5, 0.6) is 11.5 Å². The first-order chi connectivity index (χ1) is 13.1. The number of hydrogen-bond donors (Lipinski definition) is 0. The number of aryl methyl sites for hydroxylation is 1. The third-order valence-corrected chi connectivity index (χ3v) is 4.45. The van der Waals surface area contributed by atoms with E-state index < -0.39 is 5.92 Å². The average Bonchev–Trinajstić information content (AvgIpc) is 3.08. The van der Waals surface area contributed by atoms with E-state index in [2.05, 4.69) is 0 Å². The van der Waals surface area contributed by atoms with Crippen LogP contribution in [-0.4, -0.2) is 38.7 Å². The molecule has 0 aliphatic carbocycles. The quantitative estimate of drug-likeness (QED) is 0.555. The molecule has 0 N–H and O–H groups in total. The van der Waals surface area contributed by atoms with E-state index in [9.17, 15) is 9.59 Å². The molecule has 27 heavy (non-hydrogen) atoms. The van der Waals surface area contributed by atoms with E-state index in [1.54, 1.807) is 24.1 Å². The van der Waals surface area contributed by atoms with Crippen molar-refractivity contribution in [3.8, 4) is 11.5 Å². The van der Waals surface area contributed by atoms with Gasteiger partial charge >= 0.3 is 5.97 Å². The van der Waals surface area contributed by atoms with Crippen molar-refractivity contribution in [3.63, 3.8) is 0 Å². The number of methoxy groups -OCH3 is 1. The fourth-order valence-corrected chi connectivity index (χ4v) is 3.01. The molecule has 142 valence electrons. The third kappa shape index (κ3) is 4.58. The van der Waals surface area contributed by atoms with Gasteiger partial charge in [0.25, 0.3) is 0 Å². The van der Waals surface area contributed by atoms with Crippen LogP contribution in [-0.2, 0) is 14.3 Å². The number of carbonyl (C=O) groups excluding carboxylic acids is 2. The van der Waals surface area contributed by atoms with E-state index in [1.807, 2.05) is 43.3 Å². The summed E-state index contributed by atoms with van der Waals surface area (Å²) in [5, 5.41) is 0. The van der Waals surface area contributed by atoms with Gasteiger partial charge in [-0.3, -0.25) is 9.59 Å². The molecule has 0 bridgehead atoms. The summed E-state index contributed by atoms with van der Waals surface area (Å²) in [6.07, 6.45) is 0.135. The highest BCUT2D eigenvalue weighted by Crippen LogP contribution is 2.33. The molecule has 0 unspecified atom stereocenters. The van der Waals surface area contributed by atoms with E-state index in [0.717, 1.165) is 11.3 Å². The molecule has 0 spiro atoms. The Kier molecular flexibility index (Phi) is 5.96. The summed E-state index contributed by atoms with van der Waals surface area (Å²) in [5.41, 5.74) is 1.82. The van der Waals surface area contributed by atoms with Gasteiger partial charge in [0.15, 0.2) is 0 Å². The predicted molar refractivity (Wildman–Crippen MR) is 101 cm³/mol. The van der Waals surface area contributed by atoms with Crippen molar-refractivity contribution in [2.75, 3.05) is 31.8 Å². The van der Waals surface area contributed by atoms with Gasteiger partial charge in [-0.25, -0.2) is 0 Å². The Hall–Kier alpha value is -3.02. The minimum atomic E-state index is -0.484. The van der Waals surface area contributed by atoms with E-state index in [-0.39, 0.29) is 38.1 Å². The Bertz CT molecular complexity index is 802. The summed E-state index contributed by atoms with van der Waals surface area (Å²) in [6.45, 7) is 2.71. The van der Waals surface area contributed by atoms with Crippen LogP contribution in [0.1, 0.15) is 12.0 Å². The third-order valence-electron chi connectivity index (χ3n) is 4.45. The number of amides is 1. The lowest BCUT2D eigenvalue weighted by molar-refractivity contribution is -0.149. The molecule has 1 amide bonds. The first-order valence-corrected chi connectivity index (χ1v) is 8.88. The largest absolute Gasteiger partial charge is 0.495 e. The molecule has 0 saturated carbocycles. The van der Waals surface area contributed by atoms with Crippen molar-refractivity contribution in [1.82, 2.24) is 0 Å². The summed E-state index contributed by atoms with van der Waals surface area (Å²) in [5.74, 6) is 0.355. The molecule has 0 aromatic heterocycles. The first-order valence-electron chi connectivity index (χ1n) is 8.88. The Labute approximate surface area is 158 Å². The molecule has 1 fully saturated rings. The zero-order chi connectivity index (χ0) is 19.2. The van der Waals surface area contributed by atoms with Crippen molar-refractivity contribution >= 4 is 17.6 Å². The van der Waals surface area contributed by atoms with Gasteiger partial charge in [-0.2, -0.15) is 0 Å². The van der Waals surface area contributed by atoms with Gasteiger partial charge in [0.2, 0.25) is 5.91 Å². The van der Waals surface area contributed by atoms with Crippen LogP contribution < -0.4 is 14.4 Å². The molecule has 6 heteroatoms. The number of nitrogens with zero attached hydrogens (tertiary/aromatic N) is 1. The maximum absolute atomic E-state index is 12.3. The predicted octanol–water partition coefficient (Wildman–Crippen LogP) is 2.98. The highest BCUT2D eigenvalue weighted by atomic mass is 16.6. The highest BCUT2D eigenvalue weighted by molar-refractivity contribution is 6.00. The number of ether oxygens (including phenoxy) is 3. The van der Waals surface area contributed by atoms with Crippen LogP contribution in [0.15, 0.2) is 48.5 Å². The Morgan fingerprint density at radius 3 is 2.59 bits per heavy atom. The van der Waals surface area contributed by atoms with E-state index >= 15 is 0 Å². The van der Waals surface area contributed by atoms with Crippen LogP contribution in [0, 0.1) is 12.8 Å². The molecule has 3 rings (SSSR count). The second kappa shape index (κ2) is 8.58. The fourth-order valence-electron chi connectivity index (χ4n) is 3.01. The van der Waals surface area contributed by atoms with Crippen molar-refractivity contribution in [1.29, 1.82) is 0 Å². The summed E-state index contributed by atoms with van der Waals surface area (Å²) in [4.78, 5) is 26.2. The normalized spacial score (nSPS) is 16.3. The number of para-hydroxylation sites is 2. The van der Waals surface area contributed by atoms with Crippen LogP contribution in [0.2, 0.25) is 0 Å². The summed E-state index contributed by atoms with van der Waals surface area (Å²) < 4.78 is 16.1. The molecule has 2 aromatic rings. The SMILES string of the molecule is COc1ccccc1N1C[C@H](C(=O)OCCOc2ccc(C)cc2)CC1=O. The minimum Gasteiger partial charge on any atom is -0.495 e. The molecule has 1 heterocycles. The van der Waals surface area contributed by atoms with Gasteiger partial charge in [-0.1, -0.05) is 29.8 Å². The molecule has 0 radical (unpaired) electrons. The Morgan fingerprint density at radius 1 is 1.11 bits per heavy atom. The molecule has 6 nitrogen and oxygen atoms in total. The van der Waals surface area contributed by atoms with Crippen LogP contribution in [0.25, 0.3) is 0 Å². The summed E-state index contributed by atoms with van der Waals surface area (Å²) >= 11 is 0.